The summed E-state index contributed by atoms with van der Waals surface area (Å²) in [5.41, 5.74) is 3.79. The molecule has 0 aliphatic rings. The van der Waals surface area contributed by atoms with Gasteiger partial charge in [-0.2, -0.15) is 11.8 Å². The third-order valence-corrected chi connectivity index (χ3v) is 4.24. The third-order valence-electron chi connectivity index (χ3n) is 3.36. The molecular formula is C16H29N3OS. The first-order valence-electron chi connectivity index (χ1n) is 7.91. The molecule has 0 fully saturated rings. The van der Waals surface area contributed by atoms with Crippen LogP contribution >= 0.6 is 11.8 Å². The smallest absolute Gasteiger partial charge is 0.138 e. The van der Waals surface area contributed by atoms with Crippen molar-refractivity contribution < 1.29 is 4.74 Å². The molecule has 0 atom stereocenters. The van der Waals surface area contributed by atoms with Crippen LogP contribution in [0.2, 0.25) is 0 Å². The minimum Gasteiger partial charge on any atom is -0.383 e. The van der Waals surface area contributed by atoms with E-state index in [2.05, 4.69) is 26.1 Å². The van der Waals surface area contributed by atoms with Gasteiger partial charge in [0.25, 0.3) is 0 Å². The minimum atomic E-state index is 0.755. The van der Waals surface area contributed by atoms with Crippen molar-refractivity contribution in [2.45, 2.75) is 45.8 Å². The Hall–Kier alpha value is -0.650. The van der Waals surface area contributed by atoms with Crippen molar-refractivity contribution in [3.63, 3.8) is 0 Å². The highest BCUT2D eigenvalue weighted by Gasteiger charge is 2.12. The van der Waals surface area contributed by atoms with Gasteiger partial charge in [0.2, 0.25) is 0 Å². The zero-order chi connectivity index (χ0) is 15.5. The molecule has 4 nitrogen and oxygen atoms in total. The van der Waals surface area contributed by atoms with Gasteiger partial charge in [-0.25, -0.2) is 9.97 Å². The van der Waals surface area contributed by atoms with Gasteiger partial charge in [0, 0.05) is 25.0 Å². The highest BCUT2D eigenvalue weighted by Crippen LogP contribution is 2.17. The van der Waals surface area contributed by atoms with Gasteiger partial charge in [-0.15, -0.1) is 0 Å². The summed E-state index contributed by atoms with van der Waals surface area (Å²) in [5, 5.41) is 3.40. The Morgan fingerprint density at radius 1 is 1.05 bits per heavy atom. The Labute approximate surface area is 133 Å². The molecule has 5 heteroatoms. The number of aryl methyl sites for hydroxylation is 2. The van der Waals surface area contributed by atoms with E-state index < -0.39 is 0 Å². The Morgan fingerprint density at radius 2 is 1.71 bits per heavy atom. The lowest BCUT2D eigenvalue weighted by molar-refractivity contribution is 0.199. The van der Waals surface area contributed by atoms with Crippen molar-refractivity contribution in [1.29, 1.82) is 0 Å². The summed E-state index contributed by atoms with van der Waals surface area (Å²) in [4.78, 5) is 9.54. The molecule has 1 aromatic rings. The molecule has 1 aromatic heterocycles. The topological polar surface area (TPSA) is 47.0 Å². The molecule has 1 heterocycles. The number of hydrogen-bond donors (Lipinski definition) is 1. The first kappa shape index (κ1) is 18.4. The average molecular weight is 311 g/mol. The van der Waals surface area contributed by atoms with E-state index in [1.165, 1.54) is 17.0 Å². The second kappa shape index (κ2) is 11.0. The van der Waals surface area contributed by atoms with Crippen molar-refractivity contribution in [3.8, 4) is 0 Å². The van der Waals surface area contributed by atoms with Gasteiger partial charge >= 0.3 is 0 Å². The number of nitrogens with one attached hydrogen (secondary N) is 1. The lowest BCUT2D eigenvalue weighted by atomic mass is 10.0. The summed E-state index contributed by atoms with van der Waals surface area (Å²) in [6, 6.07) is 0. The predicted molar refractivity (Wildman–Crippen MR) is 91.1 cm³/mol. The SMILES string of the molecule is CCSCc1nc(CC)c(CCNCCOC)c(CC)n1. The molecule has 120 valence electrons. The molecule has 0 unspecified atom stereocenters. The fourth-order valence-corrected chi connectivity index (χ4v) is 2.80. The Balaban J connectivity index is 2.75. The highest BCUT2D eigenvalue weighted by molar-refractivity contribution is 7.98. The molecule has 0 aliphatic heterocycles. The van der Waals surface area contributed by atoms with Crippen molar-refractivity contribution in [2.24, 2.45) is 0 Å². The van der Waals surface area contributed by atoms with Crippen molar-refractivity contribution >= 4 is 11.8 Å². The summed E-state index contributed by atoms with van der Waals surface area (Å²) in [7, 11) is 1.73. The molecule has 0 bridgehead atoms. The van der Waals surface area contributed by atoms with Crippen molar-refractivity contribution in [2.75, 3.05) is 32.6 Å². The van der Waals surface area contributed by atoms with Gasteiger partial charge in [-0.05, 0) is 37.1 Å². The maximum atomic E-state index is 5.05. The van der Waals surface area contributed by atoms with Crippen LogP contribution in [-0.4, -0.2) is 42.5 Å². The van der Waals surface area contributed by atoms with Gasteiger partial charge in [-0.3, -0.25) is 0 Å². The van der Waals surface area contributed by atoms with E-state index in [1.54, 1.807) is 7.11 Å². The van der Waals surface area contributed by atoms with Crippen LogP contribution in [0.3, 0.4) is 0 Å². The standard InChI is InChI=1S/C16H29N3OS/c1-5-14-13(8-9-17-10-11-20-4)15(6-2)19-16(18-14)12-21-7-3/h17H,5-12H2,1-4H3. The lowest BCUT2D eigenvalue weighted by Crippen LogP contribution is -2.23. The Bertz CT molecular complexity index is 388. The summed E-state index contributed by atoms with van der Waals surface area (Å²) < 4.78 is 5.05. The molecule has 0 amide bonds. The molecule has 0 aliphatic carbocycles. The van der Waals surface area contributed by atoms with Crippen LogP contribution in [0.15, 0.2) is 0 Å². The fraction of sp³-hybridized carbons (Fsp3) is 0.750. The molecule has 0 saturated carbocycles. The molecule has 1 rings (SSSR count). The van der Waals surface area contributed by atoms with Crippen LogP contribution in [0.1, 0.15) is 43.5 Å². The van der Waals surface area contributed by atoms with Crippen LogP contribution < -0.4 is 5.32 Å². The average Bonchev–Trinajstić information content (AvgIpc) is 2.52. The summed E-state index contributed by atoms with van der Waals surface area (Å²) in [5.74, 6) is 3.02. The number of hydrogen-bond acceptors (Lipinski definition) is 5. The number of aromatic nitrogens is 2. The van der Waals surface area contributed by atoms with Gasteiger partial charge in [-0.1, -0.05) is 20.8 Å². The van der Waals surface area contributed by atoms with E-state index in [4.69, 9.17) is 14.7 Å². The number of thioether (sulfide) groups is 1. The van der Waals surface area contributed by atoms with Gasteiger partial charge in [0.15, 0.2) is 0 Å². The molecule has 0 radical (unpaired) electrons. The normalized spacial score (nSPS) is 11.0. The maximum absolute atomic E-state index is 5.05. The van der Waals surface area contributed by atoms with Crippen LogP contribution in [0, 0.1) is 0 Å². The molecule has 0 spiro atoms. The molecule has 0 aromatic carbocycles. The van der Waals surface area contributed by atoms with Gasteiger partial charge < -0.3 is 10.1 Å². The quantitative estimate of drug-likeness (QED) is 0.637. The second-order valence-electron chi connectivity index (χ2n) is 4.85. The zero-order valence-electron chi connectivity index (χ0n) is 13.9. The second-order valence-corrected chi connectivity index (χ2v) is 6.12. The van der Waals surface area contributed by atoms with Crippen LogP contribution in [0.4, 0.5) is 0 Å². The predicted octanol–water partition coefficient (Wildman–Crippen LogP) is 2.63. The number of ether oxygens (including phenoxy) is 1. The molecular weight excluding hydrogens is 282 g/mol. The minimum absolute atomic E-state index is 0.755. The summed E-state index contributed by atoms with van der Waals surface area (Å²) in [6.45, 7) is 9.14. The largest absolute Gasteiger partial charge is 0.383 e. The van der Waals surface area contributed by atoms with E-state index in [-0.39, 0.29) is 0 Å². The van der Waals surface area contributed by atoms with E-state index in [0.29, 0.717) is 0 Å². The number of rotatable bonds is 11. The monoisotopic (exact) mass is 311 g/mol. The first-order chi connectivity index (χ1) is 10.3. The van der Waals surface area contributed by atoms with E-state index >= 15 is 0 Å². The van der Waals surface area contributed by atoms with Gasteiger partial charge in [0.05, 0.1) is 12.4 Å². The summed E-state index contributed by atoms with van der Waals surface area (Å²) in [6.07, 6.45) is 2.96. The van der Waals surface area contributed by atoms with Crippen molar-refractivity contribution in [3.05, 3.63) is 22.8 Å². The fourth-order valence-electron chi connectivity index (χ4n) is 2.28. The maximum Gasteiger partial charge on any atom is 0.138 e. The van der Waals surface area contributed by atoms with E-state index in [9.17, 15) is 0 Å². The van der Waals surface area contributed by atoms with Crippen molar-refractivity contribution in [1.82, 2.24) is 15.3 Å². The molecule has 0 saturated heterocycles. The highest BCUT2D eigenvalue weighted by atomic mass is 32.2. The van der Waals surface area contributed by atoms with Crippen LogP contribution in [-0.2, 0) is 29.8 Å². The van der Waals surface area contributed by atoms with E-state index in [1.807, 2.05) is 11.8 Å². The summed E-state index contributed by atoms with van der Waals surface area (Å²) >= 11 is 1.88. The van der Waals surface area contributed by atoms with Crippen LogP contribution in [0.25, 0.3) is 0 Å². The molecule has 1 N–H and O–H groups in total. The lowest BCUT2D eigenvalue weighted by Gasteiger charge is -2.14. The molecule has 21 heavy (non-hydrogen) atoms. The number of methoxy groups -OCH3 is 1. The third kappa shape index (κ3) is 6.32. The first-order valence-corrected chi connectivity index (χ1v) is 9.07. The Morgan fingerprint density at radius 3 is 2.24 bits per heavy atom. The Kier molecular flexibility index (Phi) is 9.63. The zero-order valence-corrected chi connectivity index (χ0v) is 14.7. The van der Waals surface area contributed by atoms with Gasteiger partial charge in [0.1, 0.15) is 5.82 Å². The number of nitrogens with zero attached hydrogens (tertiary/aromatic N) is 2. The van der Waals surface area contributed by atoms with E-state index in [0.717, 1.165) is 56.3 Å². The van der Waals surface area contributed by atoms with Crippen LogP contribution in [0.5, 0.6) is 0 Å².